The second kappa shape index (κ2) is 2.75. The van der Waals surface area contributed by atoms with Crippen molar-refractivity contribution in [2.24, 2.45) is 0 Å². The Bertz CT molecular complexity index is 296. The molecule has 2 rings (SSSR count). The molecule has 0 radical (unpaired) electrons. The van der Waals surface area contributed by atoms with Crippen LogP contribution in [-0.2, 0) is 27.6 Å². The fraction of sp³-hybridized carbons (Fsp3) is 0.250. The van der Waals surface area contributed by atoms with Crippen LogP contribution in [0.4, 0.5) is 0 Å². The average molecular weight is 168 g/mol. The lowest BCUT2D eigenvalue weighted by atomic mass is 10.1. The first-order chi connectivity index (χ1) is 5.36. The first-order valence-corrected chi connectivity index (χ1v) is 4.69. The first kappa shape index (κ1) is 7.00. The van der Waals surface area contributed by atoms with Gasteiger partial charge >= 0.3 is 0 Å². The van der Waals surface area contributed by atoms with Crippen molar-refractivity contribution in [3.63, 3.8) is 0 Å². The third-order valence-electron chi connectivity index (χ3n) is 1.74. The summed E-state index contributed by atoms with van der Waals surface area (Å²) in [5.41, 5.74) is 2.31. The van der Waals surface area contributed by atoms with Gasteiger partial charge in [-0.2, -0.15) is 0 Å². The summed E-state index contributed by atoms with van der Waals surface area (Å²) in [5, 5.41) is 0. The average Bonchev–Trinajstić information content (AvgIpc) is 2.04. The van der Waals surface area contributed by atoms with Crippen molar-refractivity contribution in [2.45, 2.75) is 12.4 Å². The summed E-state index contributed by atoms with van der Waals surface area (Å²) in [4.78, 5) is 0. The molecule has 1 atom stereocenters. The lowest BCUT2D eigenvalue weighted by Gasteiger charge is -2.13. The van der Waals surface area contributed by atoms with Crippen molar-refractivity contribution in [3.05, 3.63) is 35.4 Å². The Morgan fingerprint density at radius 1 is 1.27 bits per heavy atom. The van der Waals surface area contributed by atoms with Crippen molar-refractivity contribution in [1.82, 2.24) is 0 Å². The van der Waals surface area contributed by atoms with Crippen LogP contribution in [-0.4, -0.2) is 4.21 Å². The van der Waals surface area contributed by atoms with Crippen LogP contribution in [0.3, 0.4) is 0 Å². The quantitative estimate of drug-likeness (QED) is 0.585. The van der Waals surface area contributed by atoms with Gasteiger partial charge < -0.3 is 0 Å². The molecule has 0 saturated heterocycles. The van der Waals surface area contributed by atoms with Crippen LogP contribution < -0.4 is 0 Å². The Morgan fingerprint density at radius 2 is 2.00 bits per heavy atom. The lowest BCUT2D eigenvalue weighted by molar-refractivity contribution is 0.328. The maximum Gasteiger partial charge on any atom is 0.160 e. The summed E-state index contributed by atoms with van der Waals surface area (Å²) in [7, 11) is 0. The third kappa shape index (κ3) is 1.34. The van der Waals surface area contributed by atoms with Crippen molar-refractivity contribution >= 4 is 11.1 Å². The lowest BCUT2D eigenvalue weighted by Crippen LogP contribution is -2.10. The number of hydrogen-bond donors (Lipinski definition) is 0. The smallest absolute Gasteiger partial charge is 0.160 e. The molecule has 0 spiro atoms. The molecule has 1 heterocycles. The van der Waals surface area contributed by atoms with E-state index in [9.17, 15) is 4.21 Å². The van der Waals surface area contributed by atoms with Gasteiger partial charge in [-0.3, -0.25) is 4.18 Å². The zero-order valence-electron chi connectivity index (χ0n) is 5.95. The molecule has 0 bridgehead atoms. The molecule has 2 nitrogen and oxygen atoms in total. The number of fused-ring (bicyclic) bond motifs is 1. The number of benzene rings is 1. The van der Waals surface area contributed by atoms with Crippen molar-refractivity contribution in [3.8, 4) is 0 Å². The molecule has 11 heavy (non-hydrogen) atoms. The van der Waals surface area contributed by atoms with Gasteiger partial charge in [0.25, 0.3) is 0 Å². The molecular formula is C8H8O2S. The monoisotopic (exact) mass is 168 g/mol. The molecule has 0 fully saturated rings. The molecule has 0 N–H and O–H groups in total. The Hall–Kier alpha value is -0.670. The second-order valence-electron chi connectivity index (χ2n) is 2.48. The molecule has 0 aliphatic carbocycles. The van der Waals surface area contributed by atoms with E-state index in [1.807, 2.05) is 24.3 Å². The molecular weight excluding hydrogens is 160 g/mol. The van der Waals surface area contributed by atoms with Gasteiger partial charge in [0.2, 0.25) is 0 Å². The minimum atomic E-state index is -1.10. The van der Waals surface area contributed by atoms with Crippen molar-refractivity contribution in [2.75, 3.05) is 0 Å². The van der Waals surface area contributed by atoms with E-state index in [4.69, 9.17) is 4.18 Å². The van der Waals surface area contributed by atoms with Crippen molar-refractivity contribution in [1.29, 1.82) is 0 Å². The summed E-state index contributed by atoms with van der Waals surface area (Å²) < 4.78 is 15.9. The molecule has 1 aromatic carbocycles. The third-order valence-corrected chi connectivity index (χ3v) is 2.67. The van der Waals surface area contributed by atoms with Crippen molar-refractivity contribution < 1.29 is 8.39 Å². The van der Waals surface area contributed by atoms with Crippen LogP contribution >= 0.6 is 0 Å². The Labute approximate surface area is 67.9 Å². The van der Waals surface area contributed by atoms with Crippen LogP contribution in [0.1, 0.15) is 11.1 Å². The molecule has 58 valence electrons. The van der Waals surface area contributed by atoms with Crippen LogP contribution in [0, 0.1) is 0 Å². The zero-order valence-corrected chi connectivity index (χ0v) is 6.76. The molecule has 0 amide bonds. The summed E-state index contributed by atoms with van der Waals surface area (Å²) in [6, 6.07) is 7.93. The molecule has 1 aromatic rings. The normalized spacial score (nSPS) is 22.7. The van der Waals surface area contributed by atoms with E-state index in [-0.39, 0.29) is 0 Å². The Morgan fingerprint density at radius 3 is 2.82 bits per heavy atom. The van der Waals surface area contributed by atoms with Gasteiger partial charge in [0.15, 0.2) is 11.1 Å². The number of hydrogen-bond acceptors (Lipinski definition) is 2. The molecule has 1 unspecified atom stereocenters. The Balaban J connectivity index is 2.41. The van der Waals surface area contributed by atoms with Crippen LogP contribution in [0.25, 0.3) is 0 Å². The summed E-state index contributed by atoms with van der Waals surface area (Å²) in [5.74, 6) is 0.538. The fourth-order valence-corrected chi connectivity index (χ4v) is 2.01. The highest BCUT2D eigenvalue weighted by Crippen LogP contribution is 2.18. The molecule has 1 aliphatic heterocycles. The van der Waals surface area contributed by atoms with Gasteiger partial charge in [0.1, 0.15) is 0 Å². The van der Waals surface area contributed by atoms with Gasteiger partial charge in [-0.15, -0.1) is 0 Å². The summed E-state index contributed by atoms with van der Waals surface area (Å²) in [6.07, 6.45) is 0. The highest BCUT2D eigenvalue weighted by Gasteiger charge is 2.13. The van der Waals surface area contributed by atoms with Gasteiger partial charge in [-0.05, 0) is 11.1 Å². The van der Waals surface area contributed by atoms with E-state index < -0.39 is 11.1 Å². The zero-order chi connectivity index (χ0) is 7.68. The summed E-state index contributed by atoms with van der Waals surface area (Å²) >= 11 is -1.10. The van der Waals surface area contributed by atoms with Crippen LogP contribution in [0.2, 0.25) is 0 Å². The van der Waals surface area contributed by atoms with Gasteiger partial charge in [0, 0.05) is 0 Å². The highest BCUT2D eigenvalue weighted by molar-refractivity contribution is 7.79. The largest absolute Gasteiger partial charge is 0.285 e. The minimum absolute atomic E-state index is 0.489. The van der Waals surface area contributed by atoms with E-state index >= 15 is 0 Å². The van der Waals surface area contributed by atoms with E-state index in [1.54, 1.807) is 0 Å². The molecule has 0 aromatic heterocycles. The van der Waals surface area contributed by atoms with Gasteiger partial charge in [0.05, 0.1) is 12.4 Å². The first-order valence-electron chi connectivity index (χ1n) is 3.45. The minimum Gasteiger partial charge on any atom is -0.285 e. The highest BCUT2D eigenvalue weighted by atomic mass is 32.2. The maximum absolute atomic E-state index is 10.9. The summed E-state index contributed by atoms with van der Waals surface area (Å²) in [6.45, 7) is 0.489. The van der Waals surface area contributed by atoms with Crippen LogP contribution in [0.5, 0.6) is 0 Å². The standard InChI is InChI=1S/C8H8O2S/c9-11-6-8-4-2-1-3-7(8)5-10-11/h1-4H,5-6H2. The second-order valence-corrected chi connectivity index (χ2v) is 3.61. The van der Waals surface area contributed by atoms with Gasteiger partial charge in [-0.1, -0.05) is 24.3 Å². The maximum atomic E-state index is 10.9. The predicted octanol–water partition coefficient (Wildman–Crippen LogP) is 1.38. The topological polar surface area (TPSA) is 26.3 Å². The number of rotatable bonds is 0. The van der Waals surface area contributed by atoms with E-state index in [2.05, 4.69) is 0 Å². The molecule has 0 saturated carbocycles. The van der Waals surface area contributed by atoms with E-state index in [0.717, 1.165) is 11.1 Å². The predicted molar refractivity (Wildman–Crippen MR) is 43.1 cm³/mol. The van der Waals surface area contributed by atoms with Crippen LogP contribution in [0.15, 0.2) is 24.3 Å². The van der Waals surface area contributed by atoms with E-state index in [0.29, 0.717) is 12.4 Å². The SMILES string of the molecule is O=S1Cc2ccccc2CO1. The molecule has 3 heteroatoms. The van der Waals surface area contributed by atoms with E-state index in [1.165, 1.54) is 0 Å². The van der Waals surface area contributed by atoms with Gasteiger partial charge in [-0.25, -0.2) is 4.21 Å². The molecule has 1 aliphatic rings. The fourth-order valence-electron chi connectivity index (χ4n) is 1.14. The Kier molecular flexibility index (Phi) is 1.75.